The molecule has 12 heteroatoms. The van der Waals surface area contributed by atoms with Crippen molar-refractivity contribution < 1.29 is 18.7 Å². The number of H-pyrrole nitrogens is 1. The van der Waals surface area contributed by atoms with Crippen molar-refractivity contribution in [3.63, 3.8) is 0 Å². The van der Waals surface area contributed by atoms with E-state index in [0.717, 1.165) is 9.99 Å². The van der Waals surface area contributed by atoms with Crippen molar-refractivity contribution in [2.75, 3.05) is 11.9 Å². The zero-order valence-electron chi connectivity index (χ0n) is 15.6. The number of anilines is 2. The number of rotatable bonds is 5. The fourth-order valence-corrected chi connectivity index (χ4v) is 3.47. The predicted octanol–water partition coefficient (Wildman–Crippen LogP) is 2.87. The molecule has 1 fully saturated rings. The number of hydrogen-bond donors (Lipinski definition) is 3. The van der Waals surface area contributed by atoms with Gasteiger partial charge in [0.1, 0.15) is 11.6 Å². The highest BCUT2D eigenvalue weighted by molar-refractivity contribution is 9.10. The van der Waals surface area contributed by atoms with E-state index in [0.29, 0.717) is 17.3 Å². The number of fused-ring (bicyclic) bond motifs is 1. The average molecular weight is 468 g/mol. The SMILES string of the molecule is CC(C)NC(=O)O[C@H]1CO[C@@H](c2cc(Nc3nccn4ncc(Br)c34)n[nH]2)[C@@H]1F. The van der Waals surface area contributed by atoms with Gasteiger partial charge < -0.3 is 20.1 Å². The van der Waals surface area contributed by atoms with E-state index in [-0.39, 0.29) is 12.6 Å². The summed E-state index contributed by atoms with van der Waals surface area (Å²) in [5, 5.41) is 16.7. The van der Waals surface area contributed by atoms with Crippen LogP contribution < -0.4 is 10.6 Å². The molecule has 29 heavy (non-hydrogen) atoms. The topological polar surface area (TPSA) is 118 Å². The Kier molecular flexibility index (Phi) is 5.37. The van der Waals surface area contributed by atoms with Crippen LogP contribution in [0, 0.1) is 0 Å². The Morgan fingerprint density at radius 2 is 2.34 bits per heavy atom. The van der Waals surface area contributed by atoms with E-state index in [1.807, 2.05) is 0 Å². The Hall–Kier alpha value is -2.73. The molecule has 0 radical (unpaired) electrons. The summed E-state index contributed by atoms with van der Waals surface area (Å²) in [6.07, 6.45) is 0.882. The minimum atomic E-state index is -1.52. The van der Waals surface area contributed by atoms with Gasteiger partial charge in [0.05, 0.1) is 23.0 Å². The van der Waals surface area contributed by atoms with Crippen LogP contribution in [0.4, 0.5) is 20.8 Å². The molecule has 0 saturated carbocycles. The molecule has 4 heterocycles. The van der Waals surface area contributed by atoms with Crippen molar-refractivity contribution in [3.8, 4) is 0 Å². The number of ether oxygens (including phenoxy) is 2. The number of carbonyl (C=O) groups is 1. The highest BCUT2D eigenvalue weighted by Gasteiger charge is 2.42. The number of aromatic nitrogens is 5. The molecule has 154 valence electrons. The molecule has 1 aliphatic rings. The highest BCUT2D eigenvalue weighted by Crippen LogP contribution is 2.34. The van der Waals surface area contributed by atoms with Gasteiger partial charge in [0.15, 0.2) is 23.9 Å². The minimum Gasteiger partial charge on any atom is -0.441 e. The van der Waals surface area contributed by atoms with Crippen LogP contribution in [-0.4, -0.2) is 55.8 Å². The van der Waals surface area contributed by atoms with Gasteiger partial charge in [0.25, 0.3) is 0 Å². The first-order valence-electron chi connectivity index (χ1n) is 8.95. The fraction of sp³-hybridized carbons (Fsp3) is 0.412. The van der Waals surface area contributed by atoms with E-state index in [9.17, 15) is 9.18 Å². The molecule has 1 saturated heterocycles. The molecular formula is C17H19BrFN7O3. The number of halogens is 2. The third kappa shape index (κ3) is 4.03. The molecule has 0 bridgehead atoms. The normalized spacial score (nSPS) is 21.6. The quantitative estimate of drug-likeness (QED) is 0.527. The van der Waals surface area contributed by atoms with Gasteiger partial charge in [-0.15, -0.1) is 0 Å². The van der Waals surface area contributed by atoms with E-state index in [1.54, 1.807) is 43.0 Å². The fourth-order valence-electron chi connectivity index (χ4n) is 3.01. The summed E-state index contributed by atoms with van der Waals surface area (Å²) < 4.78 is 27.8. The lowest BCUT2D eigenvalue weighted by Crippen LogP contribution is -2.36. The molecule has 0 unspecified atom stereocenters. The molecule has 0 aromatic carbocycles. The second-order valence-corrected chi connectivity index (χ2v) is 7.69. The van der Waals surface area contributed by atoms with Gasteiger partial charge in [-0.1, -0.05) is 0 Å². The maximum Gasteiger partial charge on any atom is 0.407 e. The summed E-state index contributed by atoms with van der Waals surface area (Å²) in [4.78, 5) is 16.0. The molecular weight excluding hydrogens is 449 g/mol. The largest absolute Gasteiger partial charge is 0.441 e. The average Bonchev–Trinajstić information content (AvgIpc) is 3.36. The van der Waals surface area contributed by atoms with E-state index < -0.39 is 24.5 Å². The predicted molar refractivity (Wildman–Crippen MR) is 105 cm³/mol. The first-order valence-corrected chi connectivity index (χ1v) is 9.74. The van der Waals surface area contributed by atoms with Gasteiger partial charge in [-0.05, 0) is 29.8 Å². The van der Waals surface area contributed by atoms with Crippen molar-refractivity contribution in [2.24, 2.45) is 0 Å². The van der Waals surface area contributed by atoms with Crippen molar-refractivity contribution in [3.05, 3.63) is 34.8 Å². The van der Waals surface area contributed by atoms with Gasteiger partial charge in [0.2, 0.25) is 0 Å². The van der Waals surface area contributed by atoms with Crippen LogP contribution >= 0.6 is 15.9 Å². The van der Waals surface area contributed by atoms with Crippen molar-refractivity contribution in [1.82, 2.24) is 30.1 Å². The van der Waals surface area contributed by atoms with Crippen LogP contribution in [0.1, 0.15) is 25.6 Å². The maximum absolute atomic E-state index is 14.8. The Morgan fingerprint density at radius 3 is 3.14 bits per heavy atom. The smallest absolute Gasteiger partial charge is 0.407 e. The van der Waals surface area contributed by atoms with Crippen LogP contribution in [0.2, 0.25) is 0 Å². The minimum absolute atomic E-state index is 0.0389. The van der Waals surface area contributed by atoms with E-state index in [1.165, 1.54) is 0 Å². The molecule has 10 nitrogen and oxygen atoms in total. The summed E-state index contributed by atoms with van der Waals surface area (Å²) in [5.41, 5.74) is 1.16. The number of nitrogens with one attached hydrogen (secondary N) is 3. The summed E-state index contributed by atoms with van der Waals surface area (Å²) in [6.45, 7) is 3.54. The van der Waals surface area contributed by atoms with Crippen LogP contribution in [0.5, 0.6) is 0 Å². The molecule has 1 aliphatic heterocycles. The summed E-state index contributed by atoms with van der Waals surface area (Å²) in [7, 11) is 0. The third-order valence-corrected chi connectivity index (χ3v) is 4.87. The van der Waals surface area contributed by atoms with Gasteiger partial charge >= 0.3 is 6.09 Å². The number of alkyl halides is 1. The Bertz CT molecular complexity index is 1020. The van der Waals surface area contributed by atoms with Gasteiger partial charge in [0, 0.05) is 24.5 Å². The molecule has 3 aromatic heterocycles. The monoisotopic (exact) mass is 467 g/mol. The van der Waals surface area contributed by atoms with Gasteiger partial charge in [-0.2, -0.15) is 10.2 Å². The molecule has 3 N–H and O–H groups in total. The number of amides is 1. The molecule has 4 rings (SSSR count). The third-order valence-electron chi connectivity index (χ3n) is 4.29. The number of nitrogens with zero attached hydrogens (tertiary/aromatic N) is 4. The van der Waals surface area contributed by atoms with Crippen molar-refractivity contribution in [1.29, 1.82) is 0 Å². The Morgan fingerprint density at radius 1 is 1.52 bits per heavy atom. The maximum atomic E-state index is 14.8. The number of aromatic amines is 1. The second-order valence-electron chi connectivity index (χ2n) is 6.84. The Balaban J connectivity index is 1.45. The van der Waals surface area contributed by atoms with Gasteiger partial charge in [-0.3, -0.25) is 5.10 Å². The van der Waals surface area contributed by atoms with Crippen molar-refractivity contribution in [2.45, 2.75) is 38.3 Å². The number of alkyl carbamates (subject to hydrolysis) is 1. The molecule has 0 spiro atoms. The zero-order chi connectivity index (χ0) is 20.5. The zero-order valence-corrected chi connectivity index (χ0v) is 17.2. The second kappa shape index (κ2) is 7.95. The van der Waals surface area contributed by atoms with Crippen LogP contribution in [0.3, 0.4) is 0 Å². The van der Waals surface area contributed by atoms with E-state index in [4.69, 9.17) is 9.47 Å². The Labute approximate surface area is 173 Å². The van der Waals surface area contributed by atoms with Crippen LogP contribution in [0.15, 0.2) is 29.1 Å². The lowest BCUT2D eigenvalue weighted by atomic mass is 10.1. The van der Waals surface area contributed by atoms with Crippen LogP contribution in [-0.2, 0) is 9.47 Å². The molecule has 1 amide bonds. The molecule has 0 aliphatic carbocycles. The number of hydrogen-bond acceptors (Lipinski definition) is 7. The lowest BCUT2D eigenvalue weighted by Gasteiger charge is -2.16. The first kappa shape index (κ1) is 19.6. The summed E-state index contributed by atoms with van der Waals surface area (Å²) in [6, 6.07) is 1.53. The summed E-state index contributed by atoms with van der Waals surface area (Å²) >= 11 is 3.43. The van der Waals surface area contributed by atoms with E-state index >= 15 is 0 Å². The lowest BCUT2D eigenvalue weighted by molar-refractivity contribution is 0.0615. The van der Waals surface area contributed by atoms with Crippen molar-refractivity contribution >= 4 is 39.2 Å². The van der Waals surface area contributed by atoms with Gasteiger partial charge in [-0.25, -0.2) is 18.7 Å². The standard InChI is InChI=1S/C17H19BrFN7O3/c1-8(2)22-17(27)29-11-7-28-15(13(11)19)10-5-12(25-24-10)23-16-14-9(18)6-21-26(14)4-3-20-16/h3-6,8,11,13,15H,7H2,1-2H3,(H,22,27)(H2,20,23,24,25)/t11-,13+,15-/m0/s1. The van der Waals surface area contributed by atoms with E-state index in [2.05, 4.69) is 46.8 Å². The molecule has 3 aromatic rings. The number of carbonyl (C=O) groups excluding carboxylic acids is 1. The highest BCUT2D eigenvalue weighted by atomic mass is 79.9. The summed E-state index contributed by atoms with van der Waals surface area (Å²) in [5.74, 6) is 0.969. The van der Waals surface area contributed by atoms with Crippen LogP contribution in [0.25, 0.3) is 5.52 Å². The molecule has 3 atom stereocenters. The first-order chi connectivity index (χ1) is 13.9.